The summed E-state index contributed by atoms with van der Waals surface area (Å²) in [4.78, 5) is 10.0. The van der Waals surface area contributed by atoms with Crippen molar-refractivity contribution in [3.8, 4) is 5.75 Å². The molecule has 0 saturated carbocycles. The molecule has 26 heavy (non-hydrogen) atoms. The zero-order chi connectivity index (χ0) is 18.3. The van der Waals surface area contributed by atoms with Crippen molar-refractivity contribution in [1.29, 1.82) is 0 Å². The van der Waals surface area contributed by atoms with E-state index in [0.717, 1.165) is 29.7 Å². The number of benzene rings is 1. The van der Waals surface area contributed by atoms with Crippen LogP contribution >= 0.6 is 35.3 Å². The summed E-state index contributed by atoms with van der Waals surface area (Å²) in [5.41, 5.74) is 1.17. The number of hydrogen-bond donors (Lipinski definition) is 2. The molecule has 1 aromatic heterocycles. The summed E-state index contributed by atoms with van der Waals surface area (Å²) in [7, 11) is 3.48. The monoisotopic (exact) mass is 488 g/mol. The number of rotatable bonds is 7. The van der Waals surface area contributed by atoms with E-state index in [2.05, 4.69) is 53.5 Å². The van der Waals surface area contributed by atoms with Gasteiger partial charge in [0.05, 0.1) is 13.7 Å². The SMILES string of the molecule is CCc1cnc(CNC(=NC)NCC(C)(C)c2cccc(OC)c2)s1.I. The molecule has 1 aromatic carbocycles. The Hall–Kier alpha value is -1.35. The van der Waals surface area contributed by atoms with Crippen LogP contribution in [-0.2, 0) is 18.4 Å². The van der Waals surface area contributed by atoms with Gasteiger partial charge >= 0.3 is 0 Å². The molecule has 2 rings (SSSR count). The van der Waals surface area contributed by atoms with Crippen LogP contribution in [0.2, 0.25) is 0 Å². The minimum absolute atomic E-state index is 0. The van der Waals surface area contributed by atoms with Gasteiger partial charge < -0.3 is 15.4 Å². The van der Waals surface area contributed by atoms with E-state index in [1.807, 2.05) is 18.3 Å². The molecule has 0 saturated heterocycles. The smallest absolute Gasteiger partial charge is 0.191 e. The molecule has 0 bridgehead atoms. The lowest BCUT2D eigenvalue weighted by molar-refractivity contribution is 0.411. The van der Waals surface area contributed by atoms with Crippen LogP contribution in [-0.4, -0.2) is 31.6 Å². The highest BCUT2D eigenvalue weighted by atomic mass is 127. The van der Waals surface area contributed by atoms with Crippen LogP contribution in [0.4, 0.5) is 0 Å². The van der Waals surface area contributed by atoms with Crippen molar-refractivity contribution < 1.29 is 4.74 Å². The molecule has 0 aliphatic rings. The summed E-state index contributed by atoms with van der Waals surface area (Å²) in [6.45, 7) is 8.00. The third-order valence-electron chi connectivity index (χ3n) is 4.13. The van der Waals surface area contributed by atoms with Crippen molar-refractivity contribution in [2.24, 2.45) is 4.99 Å². The lowest BCUT2D eigenvalue weighted by Crippen LogP contribution is -2.43. The standard InChI is InChI=1S/C19H28N4OS.HI/c1-6-16-11-21-17(25-16)12-22-18(20-4)23-13-19(2,3)14-8-7-9-15(10-14)24-5;/h7-11H,6,12-13H2,1-5H3,(H2,20,22,23);1H. The molecule has 0 atom stereocenters. The van der Waals surface area contributed by atoms with Crippen LogP contribution in [0.3, 0.4) is 0 Å². The molecule has 0 aliphatic carbocycles. The number of nitrogens with one attached hydrogen (secondary N) is 2. The Balaban J connectivity index is 0.00000338. The second-order valence-electron chi connectivity index (χ2n) is 6.47. The van der Waals surface area contributed by atoms with E-state index in [9.17, 15) is 0 Å². The van der Waals surface area contributed by atoms with Crippen LogP contribution in [0.15, 0.2) is 35.5 Å². The van der Waals surface area contributed by atoms with Crippen molar-refractivity contribution in [2.75, 3.05) is 20.7 Å². The molecule has 144 valence electrons. The average molecular weight is 488 g/mol. The van der Waals surface area contributed by atoms with E-state index in [1.54, 1.807) is 25.5 Å². The molecular formula is C19H29IN4OS. The van der Waals surface area contributed by atoms with E-state index < -0.39 is 0 Å². The number of halogens is 1. The Bertz CT molecular complexity index is 715. The van der Waals surface area contributed by atoms with Crippen molar-refractivity contribution in [3.63, 3.8) is 0 Å². The Morgan fingerprint density at radius 1 is 1.31 bits per heavy atom. The lowest BCUT2D eigenvalue weighted by Gasteiger charge is -2.27. The van der Waals surface area contributed by atoms with E-state index >= 15 is 0 Å². The summed E-state index contributed by atoms with van der Waals surface area (Å²) in [5.74, 6) is 1.66. The molecule has 0 fully saturated rings. The van der Waals surface area contributed by atoms with Crippen LogP contribution in [0, 0.1) is 0 Å². The molecule has 0 amide bonds. The van der Waals surface area contributed by atoms with Gasteiger partial charge in [0.25, 0.3) is 0 Å². The van der Waals surface area contributed by atoms with Crippen LogP contribution in [0.25, 0.3) is 0 Å². The summed E-state index contributed by atoms with van der Waals surface area (Å²) in [6.07, 6.45) is 2.98. The number of nitrogens with zero attached hydrogens (tertiary/aromatic N) is 2. The molecule has 2 N–H and O–H groups in total. The Kier molecular flexibility index (Phi) is 9.35. The first-order chi connectivity index (χ1) is 12.0. The van der Waals surface area contributed by atoms with E-state index in [0.29, 0.717) is 6.54 Å². The minimum Gasteiger partial charge on any atom is -0.497 e. The van der Waals surface area contributed by atoms with Crippen LogP contribution in [0.1, 0.15) is 36.2 Å². The Labute approximate surface area is 177 Å². The Morgan fingerprint density at radius 3 is 2.69 bits per heavy atom. The molecule has 0 unspecified atom stereocenters. The maximum absolute atomic E-state index is 5.33. The molecule has 5 nitrogen and oxygen atoms in total. The van der Waals surface area contributed by atoms with Gasteiger partial charge in [-0.2, -0.15) is 0 Å². The average Bonchev–Trinajstić information content (AvgIpc) is 3.10. The topological polar surface area (TPSA) is 58.5 Å². The summed E-state index contributed by atoms with van der Waals surface area (Å²) < 4.78 is 5.33. The first kappa shape index (κ1) is 22.7. The lowest BCUT2D eigenvalue weighted by atomic mass is 9.84. The maximum Gasteiger partial charge on any atom is 0.191 e. The second-order valence-corrected chi connectivity index (χ2v) is 7.67. The number of thiazole rings is 1. The van der Waals surface area contributed by atoms with Gasteiger partial charge in [-0.15, -0.1) is 35.3 Å². The number of aryl methyl sites for hydroxylation is 1. The fourth-order valence-corrected chi connectivity index (χ4v) is 3.23. The normalized spacial score (nSPS) is 11.7. The fourth-order valence-electron chi connectivity index (χ4n) is 2.42. The van der Waals surface area contributed by atoms with E-state index in [1.165, 1.54) is 10.4 Å². The van der Waals surface area contributed by atoms with Crippen molar-refractivity contribution >= 4 is 41.3 Å². The largest absolute Gasteiger partial charge is 0.497 e. The number of hydrogen-bond acceptors (Lipinski definition) is 4. The molecular weight excluding hydrogens is 459 g/mol. The highest BCUT2D eigenvalue weighted by Gasteiger charge is 2.21. The quantitative estimate of drug-likeness (QED) is 0.352. The van der Waals surface area contributed by atoms with Gasteiger partial charge in [-0.1, -0.05) is 32.9 Å². The summed E-state index contributed by atoms with van der Waals surface area (Å²) in [6, 6.07) is 8.20. The third-order valence-corrected chi connectivity index (χ3v) is 5.27. The minimum atomic E-state index is -0.0529. The first-order valence-electron chi connectivity index (χ1n) is 8.51. The number of ether oxygens (including phenoxy) is 1. The van der Waals surface area contributed by atoms with E-state index in [4.69, 9.17) is 4.74 Å². The molecule has 0 aliphatic heterocycles. The zero-order valence-electron chi connectivity index (χ0n) is 16.1. The molecule has 2 aromatic rings. The fraction of sp³-hybridized carbons (Fsp3) is 0.474. The number of guanidine groups is 1. The highest BCUT2D eigenvalue weighted by molar-refractivity contribution is 14.0. The van der Waals surface area contributed by atoms with Gasteiger partial charge in [0.15, 0.2) is 5.96 Å². The van der Waals surface area contributed by atoms with Crippen LogP contribution in [0.5, 0.6) is 5.75 Å². The third kappa shape index (κ3) is 6.42. The van der Waals surface area contributed by atoms with Gasteiger partial charge in [-0.3, -0.25) is 4.99 Å². The molecule has 0 spiro atoms. The van der Waals surface area contributed by atoms with Gasteiger partial charge in [0, 0.05) is 30.1 Å². The predicted octanol–water partition coefficient (Wildman–Crippen LogP) is 3.97. The molecule has 0 radical (unpaired) electrons. The van der Waals surface area contributed by atoms with E-state index in [-0.39, 0.29) is 29.4 Å². The first-order valence-corrected chi connectivity index (χ1v) is 9.32. The molecule has 7 heteroatoms. The zero-order valence-corrected chi connectivity index (χ0v) is 19.3. The molecule has 1 heterocycles. The Morgan fingerprint density at radius 2 is 2.08 bits per heavy atom. The second kappa shape index (κ2) is 10.7. The highest BCUT2D eigenvalue weighted by Crippen LogP contribution is 2.25. The van der Waals surface area contributed by atoms with Gasteiger partial charge in [-0.25, -0.2) is 4.98 Å². The number of aliphatic imine (C=N–C) groups is 1. The maximum atomic E-state index is 5.33. The summed E-state index contributed by atoms with van der Waals surface area (Å²) in [5, 5.41) is 7.82. The van der Waals surface area contributed by atoms with Crippen molar-refractivity contribution in [1.82, 2.24) is 15.6 Å². The predicted molar refractivity (Wildman–Crippen MR) is 121 cm³/mol. The number of aromatic nitrogens is 1. The van der Waals surface area contributed by atoms with Gasteiger partial charge in [0.1, 0.15) is 10.8 Å². The van der Waals surface area contributed by atoms with Crippen molar-refractivity contribution in [3.05, 3.63) is 45.9 Å². The van der Waals surface area contributed by atoms with Gasteiger partial charge in [-0.05, 0) is 24.1 Å². The van der Waals surface area contributed by atoms with Gasteiger partial charge in [0.2, 0.25) is 0 Å². The summed E-state index contributed by atoms with van der Waals surface area (Å²) >= 11 is 1.74. The number of methoxy groups -OCH3 is 1. The van der Waals surface area contributed by atoms with Crippen molar-refractivity contribution in [2.45, 2.75) is 39.2 Å². The van der Waals surface area contributed by atoms with Crippen LogP contribution < -0.4 is 15.4 Å².